The third-order valence-corrected chi connectivity index (χ3v) is 4.08. The fourth-order valence-corrected chi connectivity index (χ4v) is 2.25. The molecule has 5 heteroatoms. The van der Waals surface area contributed by atoms with Gasteiger partial charge in [-0.1, -0.05) is 65.7 Å². The minimum atomic E-state index is -0.305. The second-order valence-electron chi connectivity index (χ2n) is 5.88. The molecule has 2 rings (SSSR count). The summed E-state index contributed by atoms with van der Waals surface area (Å²) < 4.78 is 0. The Morgan fingerprint density at radius 3 is 1.59 bits per heavy atom. The molecule has 0 aliphatic heterocycles. The van der Waals surface area contributed by atoms with Crippen LogP contribution in [0.3, 0.4) is 0 Å². The Balaban J connectivity index is 0.000000410. The molecule has 148 valence electrons. The summed E-state index contributed by atoms with van der Waals surface area (Å²) in [5.41, 5.74) is 3.28. The van der Waals surface area contributed by atoms with Crippen molar-refractivity contribution < 1.29 is 9.59 Å². The van der Waals surface area contributed by atoms with Crippen LogP contribution >= 0.6 is 34.8 Å². The summed E-state index contributed by atoms with van der Waals surface area (Å²) in [4.78, 5) is 21.4. The van der Waals surface area contributed by atoms with Crippen LogP contribution in [-0.4, -0.2) is 22.8 Å². The van der Waals surface area contributed by atoms with Gasteiger partial charge in [-0.3, -0.25) is 9.59 Å². The van der Waals surface area contributed by atoms with Gasteiger partial charge in [0.1, 0.15) is 0 Å². The second kappa shape index (κ2) is 16.8. The van der Waals surface area contributed by atoms with Crippen molar-refractivity contribution in [1.29, 1.82) is 0 Å². The van der Waals surface area contributed by atoms with Crippen molar-refractivity contribution in [3.05, 3.63) is 71.3 Å². The molecule has 0 saturated heterocycles. The first-order valence-corrected chi connectivity index (χ1v) is 10.3. The molecular weight excluding hydrogens is 403 g/mol. The average molecular weight is 430 g/mol. The average Bonchev–Trinajstić information content (AvgIpc) is 2.66. The summed E-state index contributed by atoms with van der Waals surface area (Å²) in [6.45, 7) is 4.09. The number of rotatable bonds is 7. The predicted molar refractivity (Wildman–Crippen MR) is 117 cm³/mol. The Bertz CT molecular complexity index is 640. The van der Waals surface area contributed by atoms with E-state index in [0.717, 1.165) is 12.0 Å². The smallest absolute Gasteiger partial charge is 0.221 e. The van der Waals surface area contributed by atoms with Gasteiger partial charge in [-0.15, -0.1) is 23.2 Å². The van der Waals surface area contributed by atoms with Crippen LogP contribution in [0.15, 0.2) is 54.6 Å². The van der Waals surface area contributed by atoms with Gasteiger partial charge in [0.2, 0.25) is 5.24 Å². The van der Waals surface area contributed by atoms with Gasteiger partial charge in [0.25, 0.3) is 0 Å². The zero-order valence-corrected chi connectivity index (χ0v) is 18.2. The van der Waals surface area contributed by atoms with E-state index < -0.39 is 0 Å². The van der Waals surface area contributed by atoms with Crippen LogP contribution in [0.25, 0.3) is 0 Å². The summed E-state index contributed by atoms with van der Waals surface area (Å²) in [5.74, 6) is 1.25. The zero-order valence-electron chi connectivity index (χ0n) is 15.9. The first-order valence-electron chi connectivity index (χ1n) is 8.82. The van der Waals surface area contributed by atoms with Crippen molar-refractivity contribution in [3.8, 4) is 0 Å². The first-order chi connectivity index (χ1) is 12.9. The van der Waals surface area contributed by atoms with Crippen molar-refractivity contribution in [2.45, 2.75) is 39.5 Å². The van der Waals surface area contributed by atoms with Crippen molar-refractivity contribution in [3.63, 3.8) is 0 Å². The molecule has 0 amide bonds. The maximum Gasteiger partial charge on any atom is 0.221 e. The number of carbonyl (C=O) groups excluding carboxylic acids is 2. The molecule has 2 nitrogen and oxygen atoms in total. The van der Waals surface area contributed by atoms with E-state index in [4.69, 9.17) is 34.8 Å². The maximum atomic E-state index is 11.5. The van der Waals surface area contributed by atoms with Gasteiger partial charge in [-0.2, -0.15) is 0 Å². The van der Waals surface area contributed by atoms with Crippen LogP contribution in [-0.2, 0) is 4.79 Å². The molecule has 0 fully saturated rings. The molecule has 0 N–H and O–H groups in total. The quantitative estimate of drug-likeness (QED) is 0.271. The molecule has 0 spiro atoms. The van der Waals surface area contributed by atoms with Crippen LogP contribution in [0.5, 0.6) is 0 Å². The molecule has 0 heterocycles. The molecule has 0 radical (unpaired) electrons. The molecule has 0 aliphatic carbocycles. The minimum absolute atomic E-state index is 0.181. The number of Topliss-reactive ketones (excluding diaryl/α,β-unsaturated/α-hetero) is 1. The van der Waals surface area contributed by atoms with Crippen LogP contribution in [0.4, 0.5) is 0 Å². The fourth-order valence-electron chi connectivity index (χ4n) is 1.85. The van der Waals surface area contributed by atoms with E-state index in [0.29, 0.717) is 31.0 Å². The van der Waals surface area contributed by atoms with Crippen molar-refractivity contribution in [2.24, 2.45) is 0 Å². The monoisotopic (exact) mass is 428 g/mol. The highest BCUT2D eigenvalue weighted by atomic mass is 35.5. The molecule has 0 atom stereocenters. The number of aryl methyl sites for hydroxylation is 2. The third kappa shape index (κ3) is 15.4. The van der Waals surface area contributed by atoms with E-state index in [2.05, 4.69) is 19.1 Å². The Kier molecular flexibility index (Phi) is 16.0. The van der Waals surface area contributed by atoms with Gasteiger partial charge < -0.3 is 0 Å². The van der Waals surface area contributed by atoms with Gasteiger partial charge >= 0.3 is 0 Å². The van der Waals surface area contributed by atoms with E-state index in [1.54, 1.807) is 0 Å². The Morgan fingerprint density at radius 1 is 0.741 bits per heavy atom. The normalized spacial score (nSPS) is 9.37. The number of halogens is 3. The lowest BCUT2D eigenvalue weighted by Gasteiger charge is -1.99. The van der Waals surface area contributed by atoms with Crippen LogP contribution in [0, 0.1) is 13.8 Å². The molecule has 0 bridgehead atoms. The lowest BCUT2D eigenvalue weighted by atomic mass is 10.1. The van der Waals surface area contributed by atoms with E-state index in [1.165, 1.54) is 11.1 Å². The first kappa shape index (κ1) is 25.6. The van der Waals surface area contributed by atoms with Crippen LogP contribution < -0.4 is 0 Å². The summed E-state index contributed by atoms with van der Waals surface area (Å²) >= 11 is 15.7. The predicted octanol–water partition coefficient (Wildman–Crippen LogP) is 6.96. The Labute approximate surface area is 177 Å². The summed E-state index contributed by atoms with van der Waals surface area (Å²) in [6.07, 6.45) is 2.38. The standard InChI is InChI=1S/C11H13ClO.C7H8.C4H6Cl2O/c1-9-4-6-10(7-5-9)11(13)3-2-8-12;1-7-5-3-2-4-6-7;5-3-1-2-4(6)7/h4-7H,2-3,8H2,1H3;2-6H,1H3;1-3H2. The highest BCUT2D eigenvalue weighted by Crippen LogP contribution is 2.07. The third-order valence-electron chi connectivity index (χ3n) is 3.36. The van der Waals surface area contributed by atoms with Gasteiger partial charge in [0.05, 0.1) is 0 Å². The highest BCUT2D eigenvalue weighted by molar-refractivity contribution is 6.63. The van der Waals surface area contributed by atoms with E-state index in [1.807, 2.05) is 49.4 Å². The van der Waals surface area contributed by atoms with Gasteiger partial charge in [0, 0.05) is 30.2 Å². The van der Waals surface area contributed by atoms with E-state index in [-0.39, 0.29) is 11.0 Å². The minimum Gasteiger partial charge on any atom is -0.294 e. The lowest BCUT2D eigenvalue weighted by Crippen LogP contribution is -1.98. The SMILES string of the molecule is Cc1ccc(C(=O)CCCCl)cc1.Cc1ccccc1.O=C(Cl)CCCCl. The van der Waals surface area contributed by atoms with Gasteiger partial charge in [0.15, 0.2) is 5.78 Å². The Hall–Kier alpha value is -1.35. The number of benzene rings is 2. The molecule has 0 saturated carbocycles. The Morgan fingerprint density at radius 2 is 1.22 bits per heavy atom. The van der Waals surface area contributed by atoms with Crippen LogP contribution in [0.2, 0.25) is 0 Å². The topological polar surface area (TPSA) is 34.1 Å². The van der Waals surface area contributed by atoms with E-state index in [9.17, 15) is 9.59 Å². The van der Waals surface area contributed by atoms with Crippen molar-refractivity contribution in [1.82, 2.24) is 0 Å². The number of hydrogen-bond acceptors (Lipinski definition) is 2. The summed E-state index contributed by atoms with van der Waals surface area (Å²) in [6, 6.07) is 17.9. The van der Waals surface area contributed by atoms with Gasteiger partial charge in [-0.25, -0.2) is 0 Å². The molecule has 0 aromatic heterocycles. The largest absolute Gasteiger partial charge is 0.294 e. The fraction of sp³-hybridized carbons (Fsp3) is 0.364. The molecule has 2 aromatic carbocycles. The molecule has 0 unspecified atom stereocenters. The molecule has 0 aliphatic rings. The molecule has 2 aromatic rings. The number of alkyl halides is 2. The molecular formula is C22H27Cl3O2. The highest BCUT2D eigenvalue weighted by Gasteiger charge is 2.03. The van der Waals surface area contributed by atoms with Crippen LogP contribution in [0.1, 0.15) is 47.2 Å². The zero-order chi connectivity index (χ0) is 20.5. The summed E-state index contributed by atoms with van der Waals surface area (Å²) in [7, 11) is 0. The van der Waals surface area contributed by atoms with Gasteiger partial charge in [-0.05, 0) is 38.3 Å². The molecule has 27 heavy (non-hydrogen) atoms. The van der Waals surface area contributed by atoms with Crippen molar-refractivity contribution >= 4 is 45.8 Å². The van der Waals surface area contributed by atoms with Crippen molar-refractivity contribution in [2.75, 3.05) is 11.8 Å². The number of hydrogen-bond donors (Lipinski definition) is 0. The number of carbonyl (C=O) groups is 2. The summed E-state index contributed by atoms with van der Waals surface area (Å²) in [5, 5.41) is -0.305. The number of ketones is 1. The van der Waals surface area contributed by atoms with E-state index >= 15 is 0 Å². The second-order valence-corrected chi connectivity index (χ2v) is 7.06. The maximum absolute atomic E-state index is 11.5. The lowest BCUT2D eigenvalue weighted by molar-refractivity contribution is -0.111.